The van der Waals surface area contributed by atoms with E-state index in [9.17, 15) is 0 Å². The largest absolute Gasteiger partial charge is 0.313 e. The highest BCUT2D eigenvalue weighted by Gasteiger charge is 2.43. The fraction of sp³-hybridized carbons (Fsp3) is 0.615. The number of hydrogen-bond donors (Lipinski definition) is 1. The van der Waals surface area contributed by atoms with Crippen LogP contribution in [0.25, 0.3) is 0 Å². The van der Waals surface area contributed by atoms with Crippen LogP contribution in [0.2, 0.25) is 0 Å². The number of halogens is 1. The molecule has 2 nitrogen and oxygen atoms in total. The van der Waals surface area contributed by atoms with Gasteiger partial charge in [-0.1, -0.05) is 0 Å². The topological polar surface area (TPSA) is 24.9 Å². The van der Waals surface area contributed by atoms with E-state index in [4.69, 9.17) is 0 Å². The average molecular weight is 281 g/mol. The minimum absolute atomic E-state index is 0.547. The van der Waals surface area contributed by atoms with E-state index >= 15 is 0 Å². The Balaban J connectivity index is 1.60. The van der Waals surface area contributed by atoms with Crippen LogP contribution < -0.4 is 5.32 Å². The summed E-state index contributed by atoms with van der Waals surface area (Å²) in [5.41, 5.74) is 1.91. The van der Waals surface area contributed by atoms with Gasteiger partial charge in [0, 0.05) is 29.5 Å². The minimum atomic E-state index is 0.547. The summed E-state index contributed by atoms with van der Waals surface area (Å²) in [7, 11) is 0. The van der Waals surface area contributed by atoms with E-state index in [0.717, 1.165) is 10.5 Å². The monoisotopic (exact) mass is 280 g/mol. The molecule has 3 heteroatoms. The summed E-state index contributed by atoms with van der Waals surface area (Å²) in [4.78, 5) is 4.24. The first-order chi connectivity index (χ1) is 7.76. The Morgan fingerprint density at radius 2 is 2.19 bits per heavy atom. The van der Waals surface area contributed by atoms with E-state index in [0.29, 0.717) is 5.41 Å². The molecule has 0 radical (unpaired) electrons. The number of hydrogen-bond acceptors (Lipinski definition) is 2. The summed E-state index contributed by atoms with van der Waals surface area (Å²) >= 11 is 3.48. The molecule has 1 aromatic rings. The Kier molecular flexibility index (Phi) is 2.76. The molecule has 16 heavy (non-hydrogen) atoms. The quantitative estimate of drug-likeness (QED) is 0.897. The summed E-state index contributed by atoms with van der Waals surface area (Å²) < 4.78 is 1.09. The third-order valence-corrected chi connectivity index (χ3v) is 4.07. The molecule has 1 heterocycles. The van der Waals surface area contributed by atoms with Gasteiger partial charge in [0.25, 0.3) is 0 Å². The van der Waals surface area contributed by atoms with Gasteiger partial charge in [-0.05, 0) is 65.1 Å². The van der Waals surface area contributed by atoms with Gasteiger partial charge in [-0.3, -0.25) is 4.98 Å². The van der Waals surface area contributed by atoms with E-state index in [2.05, 4.69) is 32.3 Å². The van der Waals surface area contributed by atoms with Gasteiger partial charge < -0.3 is 5.32 Å². The molecular weight excluding hydrogens is 264 g/mol. The molecule has 0 aromatic carbocycles. The summed E-state index contributed by atoms with van der Waals surface area (Å²) in [6.07, 6.45) is 10.5. The molecule has 0 saturated heterocycles. The van der Waals surface area contributed by atoms with Gasteiger partial charge in [-0.2, -0.15) is 0 Å². The Morgan fingerprint density at radius 3 is 2.81 bits per heavy atom. The first-order valence-electron chi connectivity index (χ1n) is 6.09. The molecule has 0 amide bonds. The molecule has 86 valence electrons. The maximum atomic E-state index is 4.24. The van der Waals surface area contributed by atoms with Gasteiger partial charge in [0.05, 0.1) is 0 Å². The Morgan fingerprint density at radius 1 is 1.38 bits per heavy atom. The maximum Gasteiger partial charge on any atom is 0.0410 e. The lowest BCUT2D eigenvalue weighted by molar-refractivity contribution is 0.453. The van der Waals surface area contributed by atoms with Crippen molar-refractivity contribution in [3.8, 4) is 0 Å². The molecule has 2 aliphatic carbocycles. The van der Waals surface area contributed by atoms with Gasteiger partial charge in [-0.25, -0.2) is 0 Å². The van der Waals surface area contributed by atoms with Crippen LogP contribution in [0.1, 0.15) is 31.2 Å². The fourth-order valence-corrected chi connectivity index (χ4v) is 2.64. The van der Waals surface area contributed by atoms with Crippen LogP contribution in [-0.4, -0.2) is 17.6 Å². The highest BCUT2D eigenvalue weighted by Crippen LogP contribution is 2.48. The number of nitrogens with zero attached hydrogens (tertiary/aromatic N) is 1. The van der Waals surface area contributed by atoms with Crippen molar-refractivity contribution >= 4 is 15.9 Å². The van der Waals surface area contributed by atoms with Crippen LogP contribution in [-0.2, 0) is 6.42 Å². The molecule has 2 aliphatic rings. The van der Waals surface area contributed by atoms with Gasteiger partial charge in [0.1, 0.15) is 0 Å². The van der Waals surface area contributed by atoms with E-state index < -0.39 is 0 Å². The van der Waals surface area contributed by atoms with Gasteiger partial charge in [-0.15, -0.1) is 0 Å². The van der Waals surface area contributed by atoms with Gasteiger partial charge >= 0.3 is 0 Å². The number of pyridine rings is 1. The Labute approximate surface area is 105 Å². The molecule has 0 aliphatic heterocycles. The summed E-state index contributed by atoms with van der Waals surface area (Å²) in [5.74, 6) is 0. The second-order valence-electron chi connectivity index (χ2n) is 5.34. The third kappa shape index (κ3) is 2.64. The second-order valence-corrected chi connectivity index (χ2v) is 6.26. The molecule has 0 unspecified atom stereocenters. The van der Waals surface area contributed by atoms with Crippen LogP contribution in [0.4, 0.5) is 0 Å². The highest BCUT2D eigenvalue weighted by molar-refractivity contribution is 9.10. The molecule has 3 rings (SSSR count). The van der Waals surface area contributed by atoms with E-state index in [1.165, 1.54) is 44.2 Å². The standard InChI is InChI=1S/C13H17BrN2/c14-11-5-10(7-15-8-11)6-13(3-4-13)9-16-12-1-2-12/h5,7-8,12,16H,1-4,6,9H2. The molecule has 2 fully saturated rings. The maximum absolute atomic E-state index is 4.24. The number of aromatic nitrogens is 1. The van der Waals surface area contributed by atoms with Crippen molar-refractivity contribution < 1.29 is 0 Å². The summed E-state index contributed by atoms with van der Waals surface area (Å²) in [6.45, 7) is 1.20. The van der Waals surface area contributed by atoms with Crippen molar-refractivity contribution in [2.45, 2.75) is 38.1 Å². The molecule has 0 atom stereocenters. The van der Waals surface area contributed by atoms with E-state index in [1.54, 1.807) is 0 Å². The van der Waals surface area contributed by atoms with E-state index in [1.807, 2.05) is 12.4 Å². The van der Waals surface area contributed by atoms with E-state index in [-0.39, 0.29) is 0 Å². The molecule has 0 bridgehead atoms. The fourth-order valence-electron chi connectivity index (χ4n) is 2.23. The molecule has 2 saturated carbocycles. The number of nitrogens with one attached hydrogen (secondary N) is 1. The summed E-state index contributed by atoms with van der Waals surface area (Å²) in [6, 6.07) is 3.03. The van der Waals surface area contributed by atoms with Crippen molar-refractivity contribution in [1.29, 1.82) is 0 Å². The first-order valence-corrected chi connectivity index (χ1v) is 6.88. The van der Waals surface area contributed by atoms with Crippen LogP contribution in [0, 0.1) is 5.41 Å². The Hall–Kier alpha value is -0.410. The summed E-state index contributed by atoms with van der Waals surface area (Å²) in [5, 5.41) is 3.66. The van der Waals surface area contributed by atoms with Crippen LogP contribution in [0.3, 0.4) is 0 Å². The minimum Gasteiger partial charge on any atom is -0.313 e. The second kappa shape index (κ2) is 4.11. The molecular formula is C13H17BrN2. The third-order valence-electron chi connectivity index (χ3n) is 3.64. The Bertz CT molecular complexity index is 383. The average Bonchev–Trinajstić information content (AvgIpc) is 3.11. The predicted molar refractivity (Wildman–Crippen MR) is 68.3 cm³/mol. The lowest BCUT2D eigenvalue weighted by Crippen LogP contribution is -2.27. The van der Waals surface area contributed by atoms with Crippen molar-refractivity contribution in [3.05, 3.63) is 28.5 Å². The highest BCUT2D eigenvalue weighted by atomic mass is 79.9. The molecule has 1 aromatic heterocycles. The van der Waals surface area contributed by atoms with Crippen LogP contribution in [0.5, 0.6) is 0 Å². The van der Waals surface area contributed by atoms with Crippen LogP contribution in [0.15, 0.2) is 22.9 Å². The number of rotatable bonds is 5. The molecule has 1 N–H and O–H groups in total. The predicted octanol–water partition coefficient (Wildman–Crippen LogP) is 2.92. The van der Waals surface area contributed by atoms with Crippen molar-refractivity contribution in [3.63, 3.8) is 0 Å². The van der Waals surface area contributed by atoms with Crippen molar-refractivity contribution in [2.75, 3.05) is 6.54 Å². The van der Waals surface area contributed by atoms with Gasteiger partial charge in [0.2, 0.25) is 0 Å². The lowest BCUT2D eigenvalue weighted by atomic mass is 9.97. The zero-order valence-electron chi connectivity index (χ0n) is 9.38. The van der Waals surface area contributed by atoms with Crippen molar-refractivity contribution in [2.24, 2.45) is 5.41 Å². The smallest absolute Gasteiger partial charge is 0.0410 e. The lowest BCUT2D eigenvalue weighted by Gasteiger charge is -2.15. The zero-order chi connectivity index (χ0) is 11.0. The first kappa shape index (κ1) is 10.7. The van der Waals surface area contributed by atoms with Crippen molar-refractivity contribution in [1.82, 2.24) is 10.3 Å². The normalized spacial score (nSPS) is 22.1. The van der Waals surface area contributed by atoms with Gasteiger partial charge in [0.15, 0.2) is 0 Å². The SMILES string of the molecule is Brc1cncc(CC2(CNC3CC3)CC2)c1. The van der Waals surface area contributed by atoms with Crippen LogP contribution >= 0.6 is 15.9 Å². The molecule has 0 spiro atoms. The zero-order valence-corrected chi connectivity index (χ0v) is 11.0.